The summed E-state index contributed by atoms with van der Waals surface area (Å²) in [6.45, 7) is 5.70. The van der Waals surface area contributed by atoms with E-state index in [4.69, 9.17) is 14.2 Å². The maximum absolute atomic E-state index is 12.7. The summed E-state index contributed by atoms with van der Waals surface area (Å²) < 4.78 is 15.7. The molecular formula is C21H27N2O5S+. The number of nitrogens with one attached hydrogen (secondary N) is 2. The van der Waals surface area contributed by atoms with Gasteiger partial charge in [0, 0.05) is 16.9 Å². The van der Waals surface area contributed by atoms with Gasteiger partial charge in [0.05, 0.1) is 33.4 Å². The molecule has 1 amide bonds. The number of carbonyl (C=O) groups is 2. The van der Waals surface area contributed by atoms with Gasteiger partial charge >= 0.3 is 5.97 Å². The number of esters is 1. The van der Waals surface area contributed by atoms with Gasteiger partial charge in [-0.15, -0.1) is 11.3 Å². The maximum Gasteiger partial charge on any atom is 0.341 e. The Morgan fingerprint density at radius 1 is 1.10 bits per heavy atom. The van der Waals surface area contributed by atoms with Crippen LogP contribution in [0.3, 0.4) is 0 Å². The number of rotatable bonds is 6. The summed E-state index contributed by atoms with van der Waals surface area (Å²) in [6, 6.07) is 4.01. The monoisotopic (exact) mass is 419 g/mol. The van der Waals surface area contributed by atoms with Crippen LogP contribution in [0.2, 0.25) is 0 Å². The van der Waals surface area contributed by atoms with Gasteiger partial charge in [0.15, 0.2) is 18.0 Å². The minimum Gasteiger partial charge on any atom is -0.493 e. The molecule has 3 rings (SSSR count). The zero-order valence-corrected chi connectivity index (χ0v) is 18.2. The number of aryl methyl sites for hydroxylation is 1. The van der Waals surface area contributed by atoms with Crippen molar-refractivity contribution in [1.82, 2.24) is 0 Å². The molecule has 2 heterocycles. The summed E-state index contributed by atoms with van der Waals surface area (Å²) >= 11 is 1.40. The van der Waals surface area contributed by atoms with E-state index in [1.807, 2.05) is 26.0 Å². The number of hydrogen-bond donors (Lipinski definition) is 2. The summed E-state index contributed by atoms with van der Waals surface area (Å²) in [5, 5.41) is 3.47. The van der Waals surface area contributed by atoms with Crippen molar-refractivity contribution in [2.45, 2.75) is 26.8 Å². The highest BCUT2D eigenvalue weighted by Gasteiger charge is 2.26. The zero-order valence-electron chi connectivity index (χ0n) is 17.4. The minimum absolute atomic E-state index is 0.115. The standard InChI is InChI=1S/C21H26N2O5S/c1-12-13(2)29-20(19(12)21(25)28-5)22-18(24)11-23-7-6-14-8-16(26-3)17(27-4)9-15(14)10-23/h8-9H,6-7,10-11H2,1-5H3,(H,22,24)/p+1. The fourth-order valence-corrected chi connectivity index (χ4v) is 4.71. The fourth-order valence-electron chi connectivity index (χ4n) is 3.64. The summed E-state index contributed by atoms with van der Waals surface area (Å²) in [6.07, 6.45) is 0.864. The second-order valence-corrected chi connectivity index (χ2v) is 8.33. The Morgan fingerprint density at radius 3 is 2.38 bits per heavy atom. The summed E-state index contributed by atoms with van der Waals surface area (Å²) in [7, 11) is 4.60. The molecule has 1 aromatic carbocycles. The van der Waals surface area contributed by atoms with E-state index in [1.54, 1.807) is 14.2 Å². The van der Waals surface area contributed by atoms with Gasteiger partial charge in [-0.3, -0.25) is 4.79 Å². The van der Waals surface area contributed by atoms with Crippen LogP contribution in [0.5, 0.6) is 11.5 Å². The normalized spacial score (nSPS) is 15.4. The van der Waals surface area contributed by atoms with Gasteiger partial charge in [0.25, 0.3) is 5.91 Å². The molecule has 0 fully saturated rings. The number of benzene rings is 1. The molecule has 1 unspecified atom stereocenters. The van der Waals surface area contributed by atoms with E-state index in [0.29, 0.717) is 22.9 Å². The Kier molecular flexibility index (Phi) is 6.44. The molecule has 0 saturated heterocycles. The first-order valence-corrected chi connectivity index (χ1v) is 10.2. The second-order valence-electron chi connectivity index (χ2n) is 7.11. The predicted octanol–water partition coefficient (Wildman–Crippen LogP) is 1.75. The van der Waals surface area contributed by atoms with Crippen molar-refractivity contribution in [2.75, 3.05) is 39.7 Å². The zero-order chi connectivity index (χ0) is 21.1. The van der Waals surface area contributed by atoms with E-state index in [0.717, 1.165) is 46.2 Å². The maximum atomic E-state index is 12.7. The molecular weight excluding hydrogens is 392 g/mol. The SMILES string of the molecule is COC(=O)c1c(NC(=O)C[NH+]2CCc3cc(OC)c(OC)cc3C2)sc(C)c1C. The van der Waals surface area contributed by atoms with Crippen molar-refractivity contribution < 1.29 is 28.7 Å². The van der Waals surface area contributed by atoms with Gasteiger partial charge in [-0.1, -0.05) is 0 Å². The van der Waals surface area contributed by atoms with Gasteiger partial charge in [-0.25, -0.2) is 4.79 Å². The average Bonchev–Trinajstić information content (AvgIpc) is 2.99. The number of anilines is 1. The van der Waals surface area contributed by atoms with Crippen LogP contribution in [-0.2, 0) is 22.5 Å². The van der Waals surface area contributed by atoms with E-state index < -0.39 is 5.97 Å². The number of amides is 1. The molecule has 2 aromatic rings. The predicted molar refractivity (Wildman–Crippen MR) is 111 cm³/mol. The molecule has 0 saturated carbocycles. The Hall–Kier alpha value is -2.58. The lowest BCUT2D eigenvalue weighted by molar-refractivity contribution is -0.907. The molecule has 156 valence electrons. The molecule has 1 atom stereocenters. The van der Waals surface area contributed by atoms with Gasteiger partial charge < -0.3 is 24.4 Å². The van der Waals surface area contributed by atoms with Gasteiger partial charge in [-0.2, -0.15) is 0 Å². The molecule has 29 heavy (non-hydrogen) atoms. The van der Waals surface area contributed by atoms with Gasteiger partial charge in [0.1, 0.15) is 11.5 Å². The lowest BCUT2D eigenvalue weighted by Gasteiger charge is -2.26. The van der Waals surface area contributed by atoms with Crippen molar-refractivity contribution in [3.63, 3.8) is 0 Å². The molecule has 0 radical (unpaired) electrons. The van der Waals surface area contributed by atoms with E-state index >= 15 is 0 Å². The summed E-state index contributed by atoms with van der Waals surface area (Å²) in [4.78, 5) is 26.9. The first-order valence-electron chi connectivity index (χ1n) is 9.43. The summed E-state index contributed by atoms with van der Waals surface area (Å²) in [5.41, 5.74) is 3.68. The lowest BCUT2D eigenvalue weighted by atomic mass is 9.99. The minimum atomic E-state index is -0.428. The third kappa shape index (κ3) is 4.38. The largest absolute Gasteiger partial charge is 0.493 e. The van der Waals surface area contributed by atoms with Crippen LogP contribution in [0.4, 0.5) is 5.00 Å². The van der Waals surface area contributed by atoms with Gasteiger partial charge in [0.2, 0.25) is 0 Å². The molecule has 1 aromatic heterocycles. The number of methoxy groups -OCH3 is 3. The van der Waals surface area contributed by atoms with Crippen molar-refractivity contribution in [2.24, 2.45) is 0 Å². The molecule has 0 bridgehead atoms. The van der Waals surface area contributed by atoms with Crippen molar-refractivity contribution in [3.05, 3.63) is 39.3 Å². The Labute approximate surface area is 174 Å². The highest BCUT2D eigenvalue weighted by molar-refractivity contribution is 7.16. The number of fused-ring (bicyclic) bond motifs is 1. The number of thiophene rings is 1. The Bertz CT molecular complexity index is 938. The average molecular weight is 420 g/mol. The van der Waals surface area contributed by atoms with Gasteiger partial charge in [-0.05, 0) is 37.1 Å². The fraction of sp³-hybridized carbons (Fsp3) is 0.429. The van der Waals surface area contributed by atoms with Crippen molar-refractivity contribution in [1.29, 1.82) is 0 Å². The first kappa shape index (κ1) is 21.1. The summed E-state index contributed by atoms with van der Waals surface area (Å²) in [5.74, 6) is 0.883. The molecule has 1 aliphatic heterocycles. The highest BCUT2D eigenvalue weighted by Crippen LogP contribution is 2.33. The van der Waals surface area contributed by atoms with E-state index in [1.165, 1.54) is 24.0 Å². The van der Waals surface area contributed by atoms with Crippen LogP contribution in [0.1, 0.15) is 31.9 Å². The molecule has 7 nitrogen and oxygen atoms in total. The number of hydrogen-bond acceptors (Lipinski definition) is 6. The Balaban J connectivity index is 1.70. The van der Waals surface area contributed by atoms with Crippen LogP contribution < -0.4 is 19.7 Å². The van der Waals surface area contributed by atoms with Crippen LogP contribution in [0.15, 0.2) is 12.1 Å². The highest BCUT2D eigenvalue weighted by atomic mass is 32.1. The lowest BCUT2D eigenvalue weighted by Crippen LogP contribution is -3.12. The van der Waals surface area contributed by atoms with E-state index in [9.17, 15) is 9.59 Å². The topological polar surface area (TPSA) is 78.3 Å². The quantitative estimate of drug-likeness (QED) is 0.698. The molecule has 0 spiro atoms. The molecule has 0 aliphatic carbocycles. The van der Waals surface area contributed by atoms with Crippen LogP contribution in [0.25, 0.3) is 0 Å². The van der Waals surface area contributed by atoms with Crippen LogP contribution >= 0.6 is 11.3 Å². The number of ether oxygens (including phenoxy) is 3. The number of carbonyl (C=O) groups excluding carboxylic acids is 2. The van der Waals surface area contributed by atoms with Crippen LogP contribution in [0, 0.1) is 13.8 Å². The number of quaternary nitrogens is 1. The second kappa shape index (κ2) is 8.84. The Morgan fingerprint density at radius 2 is 1.76 bits per heavy atom. The van der Waals surface area contributed by atoms with E-state index in [2.05, 4.69) is 5.32 Å². The molecule has 8 heteroatoms. The smallest absolute Gasteiger partial charge is 0.341 e. The third-order valence-electron chi connectivity index (χ3n) is 5.33. The third-order valence-corrected chi connectivity index (χ3v) is 6.46. The van der Waals surface area contributed by atoms with Crippen LogP contribution in [-0.4, -0.2) is 46.3 Å². The van der Waals surface area contributed by atoms with E-state index in [-0.39, 0.29) is 5.91 Å². The van der Waals surface area contributed by atoms with Crippen molar-refractivity contribution in [3.8, 4) is 11.5 Å². The first-order chi connectivity index (χ1) is 13.9. The molecule has 1 aliphatic rings. The molecule has 2 N–H and O–H groups in total. The van der Waals surface area contributed by atoms with Crippen molar-refractivity contribution >= 4 is 28.2 Å².